The third kappa shape index (κ3) is 1.50. The number of thiophene rings is 1. The Kier molecular flexibility index (Phi) is 2.45. The summed E-state index contributed by atoms with van der Waals surface area (Å²) in [5.41, 5.74) is 2.50. The van der Waals surface area contributed by atoms with Crippen LogP contribution < -0.4 is 16.0 Å². The second kappa shape index (κ2) is 3.36. The first kappa shape index (κ1) is 8.03. The molecule has 1 rings (SSSR count). The van der Waals surface area contributed by atoms with Crippen molar-refractivity contribution in [3.05, 3.63) is 16.3 Å². The van der Waals surface area contributed by atoms with Crippen molar-refractivity contribution in [3.63, 3.8) is 0 Å². The van der Waals surface area contributed by atoms with Crippen LogP contribution in [0.2, 0.25) is 0 Å². The quantitative estimate of drug-likeness (QED) is 0.384. The van der Waals surface area contributed by atoms with E-state index in [1.165, 1.54) is 18.4 Å². The van der Waals surface area contributed by atoms with Crippen LogP contribution in [0.15, 0.2) is 10.8 Å². The standard InChI is InChI=1S/C6H8N2O2S/c1-10-5-3-11-2-4(5)6(9)8-7/h2-3H,7H2,1H3,(H,8,9). The van der Waals surface area contributed by atoms with E-state index in [9.17, 15) is 4.79 Å². The van der Waals surface area contributed by atoms with Crippen LogP contribution >= 0.6 is 11.3 Å². The number of nitrogens with one attached hydrogen (secondary N) is 1. The smallest absolute Gasteiger partial charge is 0.269 e. The largest absolute Gasteiger partial charge is 0.495 e. The zero-order valence-corrected chi connectivity index (χ0v) is 6.77. The molecule has 0 saturated heterocycles. The molecule has 0 unspecified atom stereocenters. The summed E-state index contributed by atoms with van der Waals surface area (Å²) in [5, 5.41) is 3.42. The number of hydrogen-bond donors (Lipinski definition) is 2. The SMILES string of the molecule is COc1cscc1C(=O)NN. The van der Waals surface area contributed by atoms with E-state index in [2.05, 4.69) is 0 Å². The van der Waals surface area contributed by atoms with E-state index in [1.54, 1.807) is 10.8 Å². The van der Waals surface area contributed by atoms with Gasteiger partial charge in [0.15, 0.2) is 0 Å². The molecule has 11 heavy (non-hydrogen) atoms. The van der Waals surface area contributed by atoms with Crippen molar-refractivity contribution in [1.29, 1.82) is 0 Å². The minimum absolute atomic E-state index is 0.330. The predicted octanol–water partition coefficient (Wildman–Crippen LogP) is 0.360. The molecule has 1 heterocycles. The van der Waals surface area contributed by atoms with Crippen LogP contribution in [0.5, 0.6) is 5.75 Å². The average molecular weight is 172 g/mol. The molecule has 0 aliphatic rings. The molecule has 0 bridgehead atoms. The normalized spacial score (nSPS) is 9.27. The van der Waals surface area contributed by atoms with Gasteiger partial charge >= 0.3 is 0 Å². The van der Waals surface area contributed by atoms with Crippen LogP contribution in [0.3, 0.4) is 0 Å². The van der Waals surface area contributed by atoms with Crippen molar-refractivity contribution in [2.45, 2.75) is 0 Å². The zero-order valence-electron chi connectivity index (χ0n) is 5.96. The lowest BCUT2D eigenvalue weighted by molar-refractivity contribution is 0.0951. The number of carbonyl (C=O) groups excluding carboxylic acids is 1. The first-order valence-corrected chi connectivity index (χ1v) is 3.85. The summed E-state index contributed by atoms with van der Waals surface area (Å²) in [6.45, 7) is 0. The van der Waals surface area contributed by atoms with Crippen LogP contribution in [0.25, 0.3) is 0 Å². The highest BCUT2D eigenvalue weighted by molar-refractivity contribution is 7.08. The van der Waals surface area contributed by atoms with Crippen LogP contribution in [-0.4, -0.2) is 13.0 Å². The van der Waals surface area contributed by atoms with E-state index >= 15 is 0 Å². The molecule has 60 valence electrons. The van der Waals surface area contributed by atoms with Crippen molar-refractivity contribution in [2.24, 2.45) is 5.84 Å². The van der Waals surface area contributed by atoms with Gasteiger partial charge in [0, 0.05) is 10.8 Å². The molecule has 0 spiro atoms. The third-order valence-corrected chi connectivity index (χ3v) is 1.94. The molecule has 0 aromatic carbocycles. The maximum Gasteiger partial charge on any atom is 0.269 e. The number of hydrazine groups is 1. The van der Waals surface area contributed by atoms with Crippen LogP contribution in [0.1, 0.15) is 10.4 Å². The molecule has 0 aliphatic heterocycles. The van der Waals surface area contributed by atoms with Crippen LogP contribution in [-0.2, 0) is 0 Å². The molecule has 0 fully saturated rings. The molecular formula is C6H8N2O2S. The van der Waals surface area contributed by atoms with Gasteiger partial charge in [0.1, 0.15) is 5.75 Å². The van der Waals surface area contributed by atoms with E-state index in [0.29, 0.717) is 11.3 Å². The molecule has 0 saturated carbocycles. The molecule has 0 radical (unpaired) electrons. The first-order valence-electron chi connectivity index (χ1n) is 2.90. The fraction of sp³-hybridized carbons (Fsp3) is 0.167. The fourth-order valence-corrected chi connectivity index (χ4v) is 1.46. The number of nitrogens with two attached hydrogens (primary N) is 1. The van der Waals surface area contributed by atoms with Crippen molar-refractivity contribution in [3.8, 4) is 5.75 Å². The van der Waals surface area contributed by atoms with Gasteiger partial charge in [-0.3, -0.25) is 10.2 Å². The highest BCUT2D eigenvalue weighted by Crippen LogP contribution is 2.22. The van der Waals surface area contributed by atoms with Crippen LogP contribution in [0.4, 0.5) is 0 Å². The predicted molar refractivity (Wildman–Crippen MR) is 42.5 cm³/mol. The summed E-state index contributed by atoms with van der Waals surface area (Å²) in [4.78, 5) is 10.9. The lowest BCUT2D eigenvalue weighted by atomic mass is 10.3. The lowest BCUT2D eigenvalue weighted by Gasteiger charge is -1.99. The van der Waals surface area contributed by atoms with Crippen molar-refractivity contribution in [1.82, 2.24) is 5.43 Å². The Balaban J connectivity index is 2.92. The fourth-order valence-electron chi connectivity index (χ4n) is 0.687. The molecule has 0 atom stereocenters. The summed E-state index contributed by atoms with van der Waals surface area (Å²) >= 11 is 1.39. The van der Waals surface area contributed by atoms with Gasteiger partial charge < -0.3 is 4.74 Å². The number of hydrogen-bond acceptors (Lipinski definition) is 4. The monoisotopic (exact) mass is 172 g/mol. The van der Waals surface area contributed by atoms with Crippen molar-refractivity contribution < 1.29 is 9.53 Å². The van der Waals surface area contributed by atoms with Gasteiger partial charge in [-0.2, -0.15) is 0 Å². The van der Waals surface area contributed by atoms with E-state index in [0.717, 1.165) is 0 Å². The molecule has 5 heteroatoms. The average Bonchev–Trinajstić information content (AvgIpc) is 2.50. The van der Waals surface area contributed by atoms with Gasteiger partial charge in [-0.05, 0) is 0 Å². The number of carbonyl (C=O) groups is 1. The zero-order chi connectivity index (χ0) is 8.27. The topological polar surface area (TPSA) is 64.3 Å². The number of methoxy groups -OCH3 is 1. The maximum absolute atomic E-state index is 10.9. The minimum Gasteiger partial charge on any atom is -0.495 e. The number of rotatable bonds is 2. The van der Waals surface area contributed by atoms with Gasteiger partial charge in [0.05, 0.1) is 12.7 Å². The molecule has 1 aromatic heterocycles. The van der Waals surface area contributed by atoms with Gasteiger partial charge in [-0.15, -0.1) is 11.3 Å². The Morgan fingerprint density at radius 2 is 2.45 bits per heavy atom. The van der Waals surface area contributed by atoms with E-state index in [-0.39, 0.29) is 5.91 Å². The maximum atomic E-state index is 10.9. The van der Waals surface area contributed by atoms with E-state index in [4.69, 9.17) is 10.6 Å². The Morgan fingerprint density at radius 1 is 1.73 bits per heavy atom. The molecular weight excluding hydrogens is 164 g/mol. The number of nitrogen functional groups attached to an aromatic ring is 1. The Morgan fingerprint density at radius 3 is 3.00 bits per heavy atom. The summed E-state index contributed by atoms with van der Waals surface area (Å²) in [6, 6.07) is 0. The number of amides is 1. The highest BCUT2D eigenvalue weighted by Gasteiger charge is 2.10. The minimum atomic E-state index is -0.330. The summed E-state index contributed by atoms with van der Waals surface area (Å²) in [6.07, 6.45) is 0. The first-order chi connectivity index (χ1) is 5.29. The summed E-state index contributed by atoms with van der Waals surface area (Å²) in [5.74, 6) is 5.16. The highest BCUT2D eigenvalue weighted by atomic mass is 32.1. The summed E-state index contributed by atoms with van der Waals surface area (Å²) < 4.78 is 4.90. The Hall–Kier alpha value is -1.07. The molecule has 1 amide bonds. The lowest BCUT2D eigenvalue weighted by Crippen LogP contribution is -2.29. The van der Waals surface area contributed by atoms with Crippen molar-refractivity contribution >= 4 is 17.2 Å². The second-order valence-electron chi connectivity index (χ2n) is 1.83. The molecule has 0 aliphatic carbocycles. The Labute approximate surface area is 67.9 Å². The third-order valence-electron chi connectivity index (χ3n) is 1.22. The van der Waals surface area contributed by atoms with E-state index in [1.807, 2.05) is 5.43 Å². The van der Waals surface area contributed by atoms with E-state index < -0.39 is 0 Å². The number of ether oxygens (including phenoxy) is 1. The van der Waals surface area contributed by atoms with Crippen LogP contribution in [0, 0.1) is 0 Å². The Bertz CT molecular complexity index is 259. The van der Waals surface area contributed by atoms with Gasteiger partial charge in [0.25, 0.3) is 5.91 Å². The summed E-state index contributed by atoms with van der Waals surface area (Å²) in [7, 11) is 1.51. The molecule has 1 aromatic rings. The van der Waals surface area contributed by atoms with Gasteiger partial charge in [-0.1, -0.05) is 0 Å². The molecule has 4 nitrogen and oxygen atoms in total. The second-order valence-corrected chi connectivity index (χ2v) is 2.57. The molecule has 3 N–H and O–H groups in total. The van der Waals surface area contributed by atoms with Gasteiger partial charge in [0.2, 0.25) is 0 Å². The van der Waals surface area contributed by atoms with Crippen molar-refractivity contribution in [2.75, 3.05) is 7.11 Å². The van der Waals surface area contributed by atoms with Gasteiger partial charge in [-0.25, -0.2) is 5.84 Å².